The molecule has 0 spiro atoms. The standard InChI is InChI=1S/C12H11FO2/c1-12(2)9(10(13)11(14)15-12)8-6-4-3-5-7-8/h3-7H,1-2H3. The lowest BCUT2D eigenvalue weighted by Gasteiger charge is -2.20. The van der Waals surface area contributed by atoms with Crippen molar-refractivity contribution in [3.63, 3.8) is 0 Å². The summed E-state index contributed by atoms with van der Waals surface area (Å²) in [6.45, 7) is 3.36. The third-order valence-electron chi connectivity index (χ3n) is 2.41. The number of rotatable bonds is 1. The maximum absolute atomic E-state index is 13.6. The fourth-order valence-corrected chi connectivity index (χ4v) is 1.77. The molecule has 0 saturated heterocycles. The van der Waals surface area contributed by atoms with Crippen molar-refractivity contribution in [2.75, 3.05) is 0 Å². The zero-order chi connectivity index (χ0) is 11.1. The summed E-state index contributed by atoms with van der Waals surface area (Å²) in [5.41, 5.74) is 0.127. The lowest BCUT2D eigenvalue weighted by molar-refractivity contribution is -0.145. The van der Waals surface area contributed by atoms with Crippen LogP contribution in [0, 0.1) is 0 Å². The second-order valence-corrected chi connectivity index (χ2v) is 3.95. The lowest BCUT2D eigenvalue weighted by atomic mass is 9.92. The SMILES string of the molecule is CC1(C)OC(=O)C(F)=C1c1ccccc1. The van der Waals surface area contributed by atoms with Crippen molar-refractivity contribution in [3.8, 4) is 0 Å². The molecule has 0 amide bonds. The molecule has 2 rings (SSSR count). The van der Waals surface area contributed by atoms with E-state index in [0.717, 1.165) is 0 Å². The zero-order valence-electron chi connectivity index (χ0n) is 8.58. The van der Waals surface area contributed by atoms with E-state index in [0.29, 0.717) is 11.1 Å². The first-order valence-electron chi connectivity index (χ1n) is 4.71. The first kappa shape index (κ1) is 9.90. The van der Waals surface area contributed by atoms with Gasteiger partial charge in [-0.2, -0.15) is 4.39 Å². The molecule has 78 valence electrons. The Balaban J connectivity index is 2.57. The molecule has 0 radical (unpaired) electrons. The highest BCUT2D eigenvalue weighted by Crippen LogP contribution is 2.39. The number of cyclic esters (lactones) is 1. The monoisotopic (exact) mass is 206 g/mol. The van der Waals surface area contributed by atoms with Gasteiger partial charge in [-0.05, 0) is 19.4 Å². The molecule has 1 aliphatic rings. The van der Waals surface area contributed by atoms with Gasteiger partial charge in [-0.1, -0.05) is 30.3 Å². The van der Waals surface area contributed by atoms with Gasteiger partial charge in [0.1, 0.15) is 5.60 Å². The van der Waals surface area contributed by atoms with Gasteiger partial charge in [0.2, 0.25) is 5.83 Å². The quantitative estimate of drug-likeness (QED) is 0.660. The fraction of sp³-hybridized carbons (Fsp3) is 0.250. The third-order valence-corrected chi connectivity index (χ3v) is 2.41. The first-order chi connectivity index (χ1) is 7.02. The Morgan fingerprint density at radius 3 is 2.27 bits per heavy atom. The topological polar surface area (TPSA) is 26.3 Å². The van der Waals surface area contributed by atoms with Gasteiger partial charge >= 0.3 is 5.97 Å². The molecule has 0 bridgehead atoms. The number of carbonyl (C=O) groups excluding carboxylic acids is 1. The van der Waals surface area contributed by atoms with Gasteiger partial charge in [0, 0.05) is 5.57 Å². The molecule has 1 aromatic rings. The molecule has 2 nitrogen and oxygen atoms in total. The summed E-state index contributed by atoms with van der Waals surface area (Å²) in [4.78, 5) is 11.1. The smallest absolute Gasteiger partial charge is 0.368 e. The van der Waals surface area contributed by atoms with Crippen molar-refractivity contribution < 1.29 is 13.9 Å². The number of carbonyl (C=O) groups is 1. The van der Waals surface area contributed by atoms with E-state index in [9.17, 15) is 9.18 Å². The summed E-state index contributed by atoms with van der Waals surface area (Å²) >= 11 is 0. The second-order valence-electron chi connectivity index (χ2n) is 3.95. The summed E-state index contributed by atoms with van der Waals surface area (Å²) < 4.78 is 18.5. The number of hydrogen-bond acceptors (Lipinski definition) is 2. The molecule has 0 saturated carbocycles. The average molecular weight is 206 g/mol. The Labute approximate surface area is 87.4 Å². The molecule has 0 N–H and O–H groups in total. The molecule has 1 heterocycles. The summed E-state index contributed by atoms with van der Waals surface area (Å²) in [6, 6.07) is 8.97. The Kier molecular flexibility index (Phi) is 2.11. The predicted octanol–water partition coefficient (Wildman–Crippen LogP) is 2.70. The highest BCUT2D eigenvalue weighted by atomic mass is 19.1. The molecule has 0 unspecified atom stereocenters. The largest absolute Gasteiger partial charge is 0.449 e. The average Bonchev–Trinajstić information content (AvgIpc) is 2.37. The van der Waals surface area contributed by atoms with E-state index in [1.54, 1.807) is 38.1 Å². The molecule has 0 fully saturated rings. The lowest BCUT2D eigenvalue weighted by Crippen LogP contribution is -2.22. The van der Waals surface area contributed by atoms with Crippen LogP contribution in [0.4, 0.5) is 4.39 Å². The van der Waals surface area contributed by atoms with Crippen molar-refractivity contribution in [2.45, 2.75) is 19.4 Å². The highest BCUT2D eigenvalue weighted by molar-refractivity contribution is 6.02. The van der Waals surface area contributed by atoms with E-state index in [-0.39, 0.29) is 0 Å². The van der Waals surface area contributed by atoms with E-state index in [4.69, 9.17) is 4.74 Å². The maximum atomic E-state index is 13.6. The van der Waals surface area contributed by atoms with Gasteiger partial charge in [-0.25, -0.2) is 4.79 Å². The van der Waals surface area contributed by atoms with Crippen molar-refractivity contribution >= 4 is 11.5 Å². The van der Waals surface area contributed by atoms with Crippen molar-refractivity contribution in [2.24, 2.45) is 0 Å². The summed E-state index contributed by atoms with van der Waals surface area (Å²) in [7, 11) is 0. The summed E-state index contributed by atoms with van der Waals surface area (Å²) in [5, 5.41) is 0. The molecule has 1 aliphatic heterocycles. The van der Waals surface area contributed by atoms with Crippen molar-refractivity contribution in [1.29, 1.82) is 0 Å². The van der Waals surface area contributed by atoms with Crippen LogP contribution in [0.5, 0.6) is 0 Å². The van der Waals surface area contributed by atoms with E-state index >= 15 is 0 Å². The molecular weight excluding hydrogens is 195 g/mol. The number of esters is 1. The number of ether oxygens (including phenoxy) is 1. The molecular formula is C12H11FO2. The van der Waals surface area contributed by atoms with Gasteiger partial charge in [0.05, 0.1) is 0 Å². The summed E-state index contributed by atoms with van der Waals surface area (Å²) in [5.74, 6) is -1.66. The fourth-order valence-electron chi connectivity index (χ4n) is 1.77. The van der Waals surface area contributed by atoms with E-state index < -0.39 is 17.4 Å². The van der Waals surface area contributed by atoms with Gasteiger partial charge < -0.3 is 4.74 Å². The van der Waals surface area contributed by atoms with Gasteiger partial charge in [-0.15, -0.1) is 0 Å². The molecule has 1 aromatic carbocycles. The molecule has 0 atom stereocenters. The molecule has 15 heavy (non-hydrogen) atoms. The third kappa shape index (κ3) is 1.54. The van der Waals surface area contributed by atoms with Crippen LogP contribution < -0.4 is 0 Å². The van der Waals surface area contributed by atoms with Crippen LogP contribution in [-0.2, 0) is 9.53 Å². The van der Waals surface area contributed by atoms with Gasteiger partial charge in [0.25, 0.3) is 0 Å². The van der Waals surface area contributed by atoms with Crippen LogP contribution in [0.25, 0.3) is 5.57 Å². The van der Waals surface area contributed by atoms with Crippen LogP contribution in [0.2, 0.25) is 0 Å². The number of benzene rings is 1. The number of hydrogen-bond donors (Lipinski definition) is 0. The molecule has 0 aromatic heterocycles. The van der Waals surface area contributed by atoms with Crippen LogP contribution >= 0.6 is 0 Å². The Morgan fingerprint density at radius 1 is 1.20 bits per heavy atom. The Bertz CT molecular complexity index is 432. The minimum Gasteiger partial charge on any atom is -0.449 e. The Hall–Kier alpha value is -1.64. The molecule has 0 aliphatic carbocycles. The molecule has 3 heteroatoms. The maximum Gasteiger partial charge on any atom is 0.368 e. The van der Waals surface area contributed by atoms with E-state index in [1.807, 2.05) is 6.07 Å². The van der Waals surface area contributed by atoms with Gasteiger partial charge in [0.15, 0.2) is 0 Å². The second kappa shape index (κ2) is 3.19. The van der Waals surface area contributed by atoms with Crippen LogP contribution in [0.3, 0.4) is 0 Å². The normalized spacial score (nSPS) is 19.3. The van der Waals surface area contributed by atoms with Crippen LogP contribution in [-0.4, -0.2) is 11.6 Å². The van der Waals surface area contributed by atoms with E-state index in [1.165, 1.54) is 0 Å². The van der Waals surface area contributed by atoms with Crippen LogP contribution in [0.15, 0.2) is 36.2 Å². The van der Waals surface area contributed by atoms with Crippen molar-refractivity contribution in [1.82, 2.24) is 0 Å². The number of halogens is 1. The minimum absolute atomic E-state index is 0.327. The highest BCUT2D eigenvalue weighted by Gasteiger charge is 2.41. The predicted molar refractivity (Wildman–Crippen MR) is 54.6 cm³/mol. The van der Waals surface area contributed by atoms with E-state index in [2.05, 4.69) is 0 Å². The van der Waals surface area contributed by atoms with Gasteiger partial charge in [-0.3, -0.25) is 0 Å². The van der Waals surface area contributed by atoms with Crippen molar-refractivity contribution in [3.05, 3.63) is 41.7 Å². The first-order valence-corrected chi connectivity index (χ1v) is 4.71. The zero-order valence-corrected chi connectivity index (χ0v) is 8.58. The van der Waals surface area contributed by atoms with Crippen LogP contribution in [0.1, 0.15) is 19.4 Å². The Morgan fingerprint density at radius 2 is 1.80 bits per heavy atom. The minimum atomic E-state index is -0.886. The summed E-state index contributed by atoms with van der Waals surface area (Å²) in [6.07, 6.45) is 0.